The van der Waals surface area contributed by atoms with Crippen molar-refractivity contribution in [1.82, 2.24) is 15.3 Å². The molecule has 0 amide bonds. The minimum Gasteiger partial charge on any atom is -0.348 e. The summed E-state index contributed by atoms with van der Waals surface area (Å²) >= 11 is 0. The van der Waals surface area contributed by atoms with E-state index in [1.807, 2.05) is 0 Å². The maximum atomic E-state index is 4.34. The zero-order valence-electron chi connectivity index (χ0n) is 10.7. The largest absolute Gasteiger partial charge is 0.348 e. The summed E-state index contributed by atoms with van der Waals surface area (Å²) in [6.07, 6.45) is 5.48. The number of hydrogen-bond donors (Lipinski definition) is 2. The van der Waals surface area contributed by atoms with Crippen molar-refractivity contribution in [3.8, 4) is 0 Å². The lowest BCUT2D eigenvalue weighted by Gasteiger charge is -2.26. The van der Waals surface area contributed by atoms with Crippen molar-refractivity contribution in [3.63, 3.8) is 0 Å². The van der Waals surface area contributed by atoms with Gasteiger partial charge in [-0.2, -0.15) is 0 Å². The Labute approximate surface area is 108 Å². The first-order chi connectivity index (χ1) is 8.84. The van der Waals surface area contributed by atoms with Crippen LogP contribution >= 0.6 is 0 Å². The summed E-state index contributed by atoms with van der Waals surface area (Å²) in [4.78, 5) is 7.46. The second kappa shape index (κ2) is 4.94. The fourth-order valence-electron chi connectivity index (χ4n) is 2.75. The van der Waals surface area contributed by atoms with Crippen LogP contribution in [-0.2, 0) is 13.0 Å². The van der Waals surface area contributed by atoms with Crippen molar-refractivity contribution in [2.45, 2.75) is 38.8 Å². The summed E-state index contributed by atoms with van der Waals surface area (Å²) in [6.45, 7) is 2.91. The molecule has 18 heavy (non-hydrogen) atoms. The maximum Gasteiger partial charge on any atom is 0.0925 e. The predicted octanol–water partition coefficient (Wildman–Crippen LogP) is 2.89. The van der Waals surface area contributed by atoms with Crippen LogP contribution in [0.3, 0.4) is 0 Å². The molecule has 2 aromatic rings. The van der Waals surface area contributed by atoms with Crippen LogP contribution in [0, 0.1) is 6.92 Å². The minimum atomic E-state index is 0.478. The molecule has 0 aliphatic heterocycles. The van der Waals surface area contributed by atoms with Crippen molar-refractivity contribution in [1.29, 1.82) is 0 Å². The van der Waals surface area contributed by atoms with Crippen molar-refractivity contribution in [3.05, 3.63) is 53.1 Å². The van der Waals surface area contributed by atoms with Gasteiger partial charge in [-0.15, -0.1) is 0 Å². The number of aromatic amines is 1. The van der Waals surface area contributed by atoms with Crippen molar-refractivity contribution < 1.29 is 0 Å². The summed E-state index contributed by atoms with van der Waals surface area (Å²) in [5, 5.41) is 3.64. The van der Waals surface area contributed by atoms with Crippen LogP contribution in [0.4, 0.5) is 0 Å². The summed E-state index contributed by atoms with van der Waals surface area (Å²) < 4.78 is 0. The number of aryl methyl sites for hydroxylation is 2. The third-order valence-electron chi connectivity index (χ3n) is 3.82. The van der Waals surface area contributed by atoms with Gasteiger partial charge < -0.3 is 10.3 Å². The number of hydrogen-bond acceptors (Lipinski definition) is 2. The lowest BCUT2D eigenvalue weighted by Crippen LogP contribution is -2.25. The first-order valence-electron chi connectivity index (χ1n) is 6.64. The number of fused-ring (bicyclic) bond motifs is 1. The lowest BCUT2D eigenvalue weighted by atomic mass is 9.88. The number of benzene rings is 1. The number of nitrogens with one attached hydrogen (secondary N) is 2. The predicted molar refractivity (Wildman–Crippen MR) is 72.3 cm³/mol. The number of aromatic nitrogens is 2. The van der Waals surface area contributed by atoms with Gasteiger partial charge in [0.05, 0.1) is 12.0 Å². The highest BCUT2D eigenvalue weighted by molar-refractivity contribution is 5.32. The molecule has 1 heterocycles. The molecule has 94 valence electrons. The normalized spacial score (nSPS) is 18.6. The molecule has 2 N–H and O–H groups in total. The van der Waals surface area contributed by atoms with E-state index in [1.165, 1.54) is 30.4 Å². The van der Waals surface area contributed by atoms with Gasteiger partial charge in [0.1, 0.15) is 0 Å². The number of H-pyrrole nitrogens is 1. The van der Waals surface area contributed by atoms with Gasteiger partial charge in [0.25, 0.3) is 0 Å². The molecule has 3 nitrogen and oxygen atoms in total. The molecule has 1 aliphatic rings. The van der Waals surface area contributed by atoms with E-state index in [2.05, 4.69) is 46.5 Å². The number of rotatable bonds is 3. The maximum absolute atomic E-state index is 4.34. The second-order valence-electron chi connectivity index (χ2n) is 5.00. The molecule has 1 aromatic carbocycles. The lowest BCUT2D eigenvalue weighted by molar-refractivity contribution is 0.456. The third kappa shape index (κ3) is 2.18. The van der Waals surface area contributed by atoms with Crippen LogP contribution in [0.5, 0.6) is 0 Å². The number of imidazole rings is 1. The molecule has 1 unspecified atom stereocenters. The Morgan fingerprint density at radius 3 is 3.11 bits per heavy atom. The molecule has 0 saturated carbocycles. The topological polar surface area (TPSA) is 40.7 Å². The van der Waals surface area contributed by atoms with Crippen LogP contribution in [0.1, 0.15) is 41.4 Å². The van der Waals surface area contributed by atoms with Crippen molar-refractivity contribution >= 4 is 0 Å². The number of nitrogens with zero attached hydrogens (tertiary/aromatic N) is 1. The molecule has 0 spiro atoms. The first-order valence-corrected chi connectivity index (χ1v) is 6.64. The van der Waals surface area contributed by atoms with E-state index in [1.54, 1.807) is 6.33 Å². The van der Waals surface area contributed by atoms with Crippen LogP contribution in [0.15, 0.2) is 30.6 Å². The molecule has 3 heteroatoms. The van der Waals surface area contributed by atoms with Gasteiger partial charge in [-0.05, 0) is 37.3 Å². The van der Waals surface area contributed by atoms with Crippen LogP contribution in [0.2, 0.25) is 0 Å². The SMILES string of the molecule is Cc1[nH]cnc1CNC1CCCc2ccccc21. The second-order valence-corrected chi connectivity index (χ2v) is 5.00. The Bertz CT molecular complexity index is 530. The van der Waals surface area contributed by atoms with E-state index in [0.29, 0.717) is 6.04 Å². The minimum absolute atomic E-state index is 0.478. The Morgan fingerprint density at radius 2 is 2.28 bits per heavy atom. The highest BCUT2D eigenvalue weighted by Crippen LogP contribution is 2.29. The van der Waals surface area contributed by atoms with Crippen LogP contribution in [0.25, 0.3) is 0 Å². The smallest absolute Gasteiger partial charge is 0.0925 e. The highest BCUT2D eigenvalue weighted by Gasteiger charge is 2.19. The van der Waals surface area contributed by atoms with Gasteiger partial charge in [-0.25, -0.2) is 4.98 Å². The average molecular weight is 241 g/mol. The van der Waals surface area contributed by atoms with E-state index < -0.39 is 0 Å². The molecule has 3 rings (SSSR count). The average Bonchev–Trinajstić information content (AvgIpc) is 2.82. The summed E-state index contributed by atoms with van der Waals surface area (Å²) in [5.41, 5.74) is 5.25. The summed E-state index contributed by atoms with van der Waals surface area (Å²) in [7, 11) is 0. The van der Waals surface area contributed by atoms with Gasteiger partial charge >= 0.3 is 0 Å². The molecule has 0 fully saturated rings. The molecule has 0 saturated heterocycles. The van der Waals surface area contributed by atoms with E-state index in [-0.39, 0.29) is 0 Å². The van der Waals surface area contributed by atoms with Gasteiger partial charge in [0.15, 0.2) is 0 Å². The fraction of sp³-hybridized carbons (Fsp3) is 0.400. The van der Waals surface area contributed by atoms with Crippen molar-refractivity contribution in [2.75, 3.05) is 0 Å². The zero-order chi connectivity index (χ0) is 12.4. The van der Waals surface area contributed by atoms with E-state index >= 15 is 0 Å². The van der Waals surface area contributed by atoms with Crippen molar-refractivity contribution in [2.24, 2.45) is 0 Å². The molecule has 1 aliphatic carbocycles. The van der Waals surface area contributed by atoms with Gasteiger partial charge in [0, 0.05) is 18.3 Å². The standard InChI is InChI=1S/C15H19N3/c1-11-15(18-10-17-11)9-16-14-8-4-6-12-5-2-3-7-13(12)14/h2-3,5,7,10,14,16H,4,6,8-9H2,1H3,(H,17,18). The molecular weight excluding hydrogens is 222 g/mol. The van der Waals surface area contributed by atoms with Gasteiger partial charge in [-0.1, -0.05) is 24.3 Å². The third-order valence-corrected chi connectivity index (χ3v) is 3.82. The summed E-state index contributed by atoms with van der Waals surface area (Å²) in [5.74, 6) is 0. The monoisotopic (exact) mass is 241 g/mol. The molecule has 0 radical (unpaired) electrons. The fourth-order valence-corrected chi connectivity index (χ4v) is 2.75. The molecule has 0 bridgehead atoms. The molecule has 1 atom stereocenters. The quantitative estimate of drug-likeness (QED) is 0.867. The highest BCUT2D eigenvalue weighted by atomic mass is 15.0. The van der Waals surface area contributed by atoms with Gasteiger partial charge in [0.2, 0.25) is 0 Å². The Kier molecular flexibility index (Phi) is 3.15. The van der Waals surface area contributed by atoms with Crippen LogP contribution < -0.4 is 5.32 Å². The first kappa shape index (κ1) is 11.5. The van der Waals surface area contributed by atoms with Gasteiger partial charge in [-0.3, -0.25) is 0 Å². The van der Waals surface area contributed by atoms with E-state index in [9.17, 15) is 0 Å². The Hall–Kier alpha value is -1.61. The zero-order valence-corrected chi connectivity index (χ0v) is 10.7. The molecular formula is C15H19N3. The molecule has 1 aromatic heterocycles. The van der Waals surface area contributed by atoms with E-state index in [0.717, 1.165) is 17.9 Å². The van der Waals surface area contributed by atoms with E-state index in [4.69, 9.17) is 0 Å². The van der Waals surface area contributed by atoms with Crippen LogP contribution in [-0.4, -0.2) is 9.97 Å². The Morgan fingerprint density at radius 1 is 1.39 bits per heavy atom. The Balaban J connectivity index is 1.73. The summed E-state index contributed by atoms with van der Waals surface area (Å²) in [6, 6.07) is 9.26.